The van der Waals surface area contributed by atoms with Gasteiger partial charge >= 0.3 is 0 Å². The molecule has 7 heteroatoms. The molecule has 0 fully saturated rings. The number of amides is 1. The zero-order valence-corrected chi connectivity index (χ0v) is 17.3. The molecule has 3 aromatic rings. The summed E-state index contributed by atoms with van der Waals surface area (Å²) in [6.07, 6.45) is 3.02. The summed E-state index contributed by atoms with van der Waals surface area (Å²) in [6, 6.07) is 7.11. The van der Waals surface area contributed by atoms with Gasteiger partial charge in [0, 0.05) is 23.5 Å². The number of aryl methyl sites for hydroxylation is 1. The average Bonchev–Trinajstić information content (AvgIpc) is 2.97. The van der Waals surface area contributed by atoms with E-state index in [-0.39, 0.29) is 17.9 Å². The third kappa shape index (κ3) is 4.13. The van der Waals surface area contributed by atoms with Crippen LogP contribution in [-0.4, -0.2) is 25.5 Å². The van der Waals surface area contributed by atoms with E-state index in [2.05, 4.69) is 20.1 Å². The summed E-state index contributed by atoms with van der Waals surface area (Å²) >= 11 is 0. The Kier molecular flexibility index (Phi) is 5.16. The molecule has 0 aliphatic rings. The van der Waals surface area contributed by atoms with E-state index in [9.17, 15) is 9.90 Å². The number of pyridine rings is 1. The molecule has 0 aliphatic carbocycles. The lowest BCUT2D eigenvalue weighted by Crippen LogP contribution is -2.31. The number of hydrogen-bond acceptors (Lipinski definition) is 4. The van der Waals surface area contributed by atoms with Gasteiger partial charge in [0.15, 0.2) is 5.69 Å². The van der Waals surface area contributed by atoms with E-state index in [0.29, 0.717) is 22.7 Å². The maximum absolute atomic E-state index is 12.8. The molecule has 29 heavy (non-hydrogen) atoms. The molecule has 0 radical (unpaired) electrons. The number of carbonyl (C=O) groups is 1. The molecule has 0 aliphatic heterocycles. The van der Waals surface area contributed by atoms with Crippen LogP contribution in [0, 0.1) is 13.5 Å². The van der Waals surface area contributed by atoms with Gasteiger partial charge in [-0.2, -0.15) is 0 Å². The highest BCUT2D eigenvalue weighted by molar-refractivity contribution is 5.93. The number of aromatic nitrogens is 3. The van der Waals surface area contributed by atoms with Crippen LogP contribution >= 0.6 is 0 Å². The summed E-state index contributed by atoms with van der Waals surface area (Å²) in [5.41, 5.74) is 1.71. The molecule has 0 saturated heterocycles. The zero-order chi connectivity index (χ0) is 21.4. The number of anilines is 1. The van der Waals surface area contributed by atoms with Crippen molar-refractivity contribution in [2.45, 2.75) is 52.2 Å². The molecule has 2 N–H and O–H groups in total. The first-order valence-corrected chi connectivity index (χ1v) is 9.37. The normalized spacial score (nSPS) is 13.7. The number of imidazole rings is 1. The minimum Gasteiger partial charge on any atom is -0.385 e. The van der Waals surface area contributed by atoms with Crippen LogP contribution < -0.4 is 5.32 Å². The van der Waals surface area contributed by atoms with Gasteiger partial charge in [-0.05, 0) is 58.4 Å². The number of nitrogens with zero attached hydrogens (tertiary/aromatic N) is 4. The maximum Gasteiger partial charge on any atom is 0.229 e. The highest BCUT2D eigenvalue weighted by Crippen LogP contribution is 2.33. The van der Waals surface area contributed by atoms with Crippen molar-refractivity contribution in [1.82, 2.24) is 14.5 Å². The molecule has 1 amide bonds. The Hall–Kier alpha value is -3.24. The summed E-state index contributed by atoms with van der Waals surface area (Å²) in [7, 11) is 0. The molecule has 2 heterocycles. The Bertz CT molecular complexity index is 1100. The van der Waals surface area contributed by atoms with Gasteiger partial charge in [0.05, 0.1) is 29.6 Å². The van der Waals surface area contributed by atoms with Gasteiger partial charge in [-0.1, -0.05) is 6.07 Å². The first-order chi connectivity index (χ1) is 13.5. The average molecular weight is 391 g/mol. The SMILES string of the molecule is [C-]#[N+]c1cc2c(cc1C)nc(NC(=O)C[C@@](C)(O)c1cccnc1)n2C(C)(C)C. The van der Waals surface area contributed by atoms with Crippen LogP contribution in [0.15, 0.2) is 36.7 Å². The Balaban J connectivity index is 1.97. The highest BCUT2D eigenvalue weighted by atomic mass is 16.3. The van der Waals surface area contributed by atoms with Crippen molar-refractivity contribution in [3.05, 3.63) is 59.2 Å². The number of benzene rings is 1. The molecule has 0 spiro atoms. The Morgan fingerprint density at radius 1 is 1.31 bits per heavy atom. The predicted molar refractivity (Wildman–Crippen MR) is 113 cm³/mol. The zero-order valence-electron chi connectivity index (χ0n) is 17.3. The lowest BCUT2D eigenvalue weighted by atomic mass is 9.94. The van der Waals surface area contributed by atoms with Crippen LogP contribution in [0.4, 0.5) is 11.6 Å². The second kappa shape index (κ2) is 7.30. The molecular formula is C22H25N5O2. The minimum absolute atomic E-state index is 0.141. The molecule has 0 unspecified atom stereocenters. The van der Waals surface area contributed by atoms with Crippen LogP contribution in [0.25, 0.3) is 15.9 Å². The summed E-state index contributed by atoms with van der Waals surface area (Å²) < 4.78 is 1.91. The maximum atomic E-state index is 12.8. The Labute approximate surface area is 170 Å². The first-order valence-electron chi connectivity index (χ1n) is 9.37. The summed E-state index contributed by atoms with van der Waals surface area (Å²) in [5.74, 6) is 0.0304. The van der Waals surface area contributed by atoms with Crippen molar-refractivity contribution in [1.29, 1.82) is 0 Å². The number of carbonyl (C=O) groups excluding carboxylic acids is 1. The van der Waals surface area contributed by atoms with Gasteiger partial charge in [0.1, 0.15) is 0 Å². The van der Waals surface area contributed by atoms with Gasteiger partial charge in [-0.25, -0.2) is 9.83 Å². The quantitative estimate of drug-likeness (QED) is 0.650. The summed E-state index contributed by atoms with van der Waals surface area (Å²) in [4.78, 5) is 24.9. The van der Waals surface area contributed by atoms with E-state index >= 15 is 0 Å². The summed E-state index contributed by atoms with van der Waals surface area (Å²) in [5, 5.41) is 13.6. The second-order valence-electron chi connectivity index (χ2n) is 8.42. The van der Waals surface area contributed by atoms with Crippen LogP contribution in [0.1, 0.15) is 45.2 Å². The molecule has 2 aromatic heterocycles. The largest absolute Gasteiger partial charge is 0.385 e. The van der Waals surface area contributed by atoms with Gasteiger partial charge in [0.2, 0.25) is 11.9 Å². The number of aliphatic hydroxyl groups is 1. The van der Waals surface area contributed by atoms with Gasteiger partial charge in [-0.3, -0.25) is 15.1 Å². The van der Waals surface area contributed by atoms with Crippen LogP contribution in [0.5, 0.6) is 0 Å². The number of hydrogen-bond donors (Lipinski definition) is 2. The van der Waals surface area contributed by atoms with E-state index < -0.39 is 5.60 Å². The van der Waals surface area contributed by atoms with Crippen LogP contribution in [-0.2, 0) is 15.9 Å². The lowest BCUT2D eigenvalue weighted by Gasteiger charge is -2.26. The van der Waals surface area contributed by atoms with Crippen molar-refractivity contribution in [2.75, 3.05) is 5.32 Å². The highest BCUT2D eigenvalue weighted by Gasteiger charge is 2.29. The standard InChI is InChI=1S/C22H25N5O2/c1-14-10-17-18(11-16(14)23-6)27(21(2,3)4)20(25-17)26-19(28)12-22(5,29)15-8-7-9-24-13-15/h7-11,13,29H,12H2,1-5H3,(H,25,26,28)/t22-/m1/s1. The predicted octanol–water partition coefficient (Wildman–Crippen LogP) is 4.28. The Morgan fingerprint density at radius 3 is 2.62 bits per heavy atom. The van der Waals surface area contributed by atoms with Crippen molar-refractivity contribution in [2.24, 2.45) is 0 Å². The van der Waals surface area contributed by atoms with E-state index in [1.165, 1.54) is 0 Å². The van der Waals surface area contributed by atoms with Crippen molar-refractivity contribution in [3.8, 4) is 0 Å². The molecule has 1 aromatic carbocycles. The van der Waals surface area contributed by atoms with E-state index in [1.54, 1.807) is 37.5 Å². The van der Waals surface area contributed by atoms with Crippen LogP contribution in [0.2, 0.25) is 0 Å². The fourth-order valence-electron chi connectivity index (χ4n) is 3.37. The lowest BCUT2D eigenvalue weighted by molar-refractivity contribution is -0.120. The van der Waals surface area contributed by atoms with Gasteiger partial charge in [0.25, 0.3) is 0 Å². The topological polar surface area (TPSA) is 84.4 Å². The van der Waals surface area contributed by atoms with Crippen LogP contribution in [0.3, 0.4) is 0 Å². The van der Waals surface area contributed by atoms with Gasteiger partial charge < -0.3 is 9.67 Å². The molecule has 150 valence electrons. The molecule has 7 nitrogen and oxygen atoms in total. The molecular weight excluding hydrogens is 366 g/mol. The number of fused-ring (bicyclic) bond motifs is 1. The molecule has 3 rings (SSSR count). The van der Waals surface area contributed by atoms with E-state index in [4.69, 9.17) is 6.57 Å². The smallest absolute Gasteiger partial charge is 0.229 e. The number of rotatable bonds is 4. The third-order valence-electron chi connectivity index (χ3n) is 4.80. The van der Waals surface area contributed by atoms with E-state index in [1.807, 2.05) is 38.3 Å². The third-order valence-corrected chi connectivity index (χ3v) is 4.80. The monoisotopic (exact) mass is 391 g/mol. The Morgan fingerprint density at radius 2 is 2.03 bits per heavy atom. The van der Waals surface area contributed by atoms with Crippen molar-refractivity contribution in [3.63, 3.8) is 0 Å². The molecule has 1 atom stereocenters. The second-order valence-corrected chi connectivity index (χ2v) is 8.42. The van der Waals surface area contributed by atoms with Crippen molar-refractivity contribution < 1.29 is 9.90 Å². The first kappa shape index (κ1) is 20.5. The van der Waals surface area contributed by atoms with Gasteiger partial charge in [-0.15, -0.1) is 0 Å². The van der Waals surface area contributed by atoms with Crippen molar-refractivity contribution >= 4 is 28.6 Å². The van der Waals surface area contributed by atoms with E-state index in [0.717, 1.165) is 11.1 Å². The summed E-state index contributed by atoms with van der Waals surface area (Å²) in [6.45, 7) is 16.9. The molecule has 0 bridgehead atoms. The minimum atomic E-state index is -1.36. The molecule has 0 saturated carbocycles. The fourth-order valence-corrected chi connectivity index (χ4v) is 3.37. The number of nitrogens with one attached hydrogen (secondary N) is 1. The fraction of sp³-hybridized carbons (Fsp3) is 0.364.